The molecule has 2 heterocycles. The fraction of sp³-hybridized carbons (Fsp3) is 0. The zero-order valence-corrected chi connectivity index (χ0v) is 31.4. The Morgan fingerprint density at radius 3 is 1.78 bits per heavy atom. The molecule has 0 aliphatic rings. The first kappa shape index (κ1) is 26.1. The second-order valence-electron chi connectivity index (χ2n) is 14.6. The summed E-state index contributed by atoms with van der Waals surface area (Å²) in [6.45, 7) is 0. The number of nitrogens with zero attached hydrogens (tertiary/aromatic N) is 1. The Bertz CT molecular complexity index is 4000. The van der Waals surface area contributed by atoms with Gasteiger partial charge in [0.25, 0.3) is 0 Å². The van der Waals surface area contributed by atoms with E-state index in [9.17, 15) is 11.0 Å². The van der Waals surface area contributed by atoms with Gasteiger partial charge in [-0.3, -0.25) is 0 Å². The Hall–Kier alpha value is -7.88. The minimum absolute atomic E-state index is 0.0167. The standard InChI is InChI=1S/C56H35NO2/c1-2-12-40-35-43(23-22-36(40)10-1)42-14-7-13-41(34-42)37-24-29-44(30-25-37)57(51-19-9-21-53-54(51)50-33-28-38-11-3-4-15-46(38)56(50)59-53)45-31-26-39(27-32-45)47-17-8-18-49-48-16-5-6-20-52(48)58-55(47)49/h1-35H/i24D,25D,26D,27D,29D,30D,31D,32D. The lowest BCUT2D eigenvalue weighted by molar-refractivity contribution is 0.670. The Kier molecular flexibility index (Phi) is 5.92. The van der Waals surface area contributed by atoms with E-state index in [0.717, 1.165) is 43.4 Å². The van der Waals surface area contributed by atoms with E-state index >= 15 is 0 Å². The SMILES string of the molecule is [2H]c1c([2H])c(N(c2c([2H])c([2H])c(-c3cccc4c3oc3ccccc34)c([2H])c2[2H])c2cccc3oc4c5ccccc5ccc4c23)c([2H])c([2H])c1-c1cccc(-c2ccc3ccccc3c2)c1. The van der Waals surface area contributed by atoms with E-state index in [0.29, 0.717) is 44.2 Å². The minimum Gasteiger partial charge on any atom is -0.455 e. The number of hydrogen-bond donors (Lipinski definition) is 0. The first-order valence-electron chi connectivity index (χ1n) is 23.4. The fourth-order valence-corrected chi connectivity index (χ4v) is 8.36. The van der Waals surface area contributed by atoms with Gasteiger partial charge in [-0.2, -0.15) is 0 Å². The van der Waals surface area contributed by atoms with E-state index in [1.54, 1.807) is 36.4 Å². The van der Waals surface area contributed by atoms with Crippen LogP contribution in [0.4, 0.5) is 17.1 Å². The van der Waals surface area contributed by atoms with Gasteiger partial charge in [0.2, 0.25) is 0 Å². The van der Waals surface area contributed by atoms with Gasteiger partial charge in [0.1, 0.15) is 22.3 Å². The largest absolute Gasteiger partial charge is 0.455 e. The summed E-state index contributed by atoms with van der Waals surface area (Å²) in [6.07, 6.45) is 0. The Labute approximate surface area is 351 Å². The molecule has 3 heteroatoms. The molecule has 12 rings (SSSR count). The van der Waals surface area contributed by atoms with Gasteiger partial charge in [0, 0.05) is 38.5 Å². The Morgan fingerprint density at radius 1 is 0.356 bits per heavy atom. The summed E-state index contributed by atoms with van der Waals surface area (Å²) >= 11 is 0. The van der Waals surface area contributed by atoms with Crippen LogP contribution in [-0.4, -0.2) is 0 Å². The quantitative estimate of drug-likeness (QED) is 0.169. The first-order chi connectivity index (χ1) is 32.6. The third-order valence-electron chi connectivity index (χ3n) is 11.2. The summed E-state index contributed by atoms with van der Waals surface area (Å²) in [5.41, 5.74) is 4.52. The maximum Gasteiger partial charge on any atom is 0.143 e. The normalized spacial score (nSPS) is 13.6. The van der Waals surface area contributed by atoms with Crippen molar-refractivity contribution in [2.45, 2.75) is 0 Å². The Morgan fingerprint density at radius 2 is 0.949 bits per heavy atom. The summed E-state index contributed by atoms with van der Waals surface area (Å²) in [5.74, 6) is 0. The highest BCUT2D eigenvalue weighted by Gasteiger charge is 2.21. The molecule has 0 aliphatic heterocycles. The summed E-state index contributed by atoms with van der Waals surface area (Å²) in [5, 5.41) is 6.75. The highest BCUT2D eigenvalue weighted by Crippen LogP contribution is 2.45. The van der Waals surface area contributed by atoms with Gasteiger partial charge in [-0.25, -0.2) is 0 Å². The highest BCUT2D eigenvalue weighted by molar-refractivity contribution is 6.19. The van der Waals surface area contributed by atoms with Crippen LogP contribution >= 0.6 is 0 Å². The fourth-order valence-electron chi connectivity index (χ4n) is 8.36. The van der Waals surface area contributed by atoms with Gasteiger partial charge in [0.15, 0.2) is 0 Å². The maximum atomic E-state index is 9.79. The van der Waals surface area contributed by atoms with E-state index in [-0.39, 0.29) is 52.4 Å². The van der Waals surface area contributed by atoms with Crippen molar-refractivity contribution in [2.24, 2.45) is 0 Å². The van der Waals surface area contributed by atoms with E-state index in [4.69, 9.17) is 8.83 Å². The van der Waals surface area contributed by atoms with Gasteiger partial charge in [-0.15, -0.1) is 0 Å². The smallest absolute Gasteiger partial charge is 0.143 e. The predicted octanol–water partition coefficient (Wildman–Crippen LogP) is 16.3. The number of fused-ring (bicyclic) bond motifs is 9. The lowest BCUT2D eigenvalue weighted by atomic mass is 9.97. The zero-order chi connectivity index (χ0) is 45.8. The highest BCUT2D eigenvalue weighted by atomic mass is 16.3. The number of anilines is 3. The molecule has 0 saturated carbocycles. The molecule has 0 fully saturated rings. The monoisotopic (exact) mass is 761 g/mol. The van der Waals surface area contributed by atoms with Gasteiger partial charge < -0.3 is 13.7 Å². The van der Waals surface area contributed by atoms with Crippen LogP contribution in [0.25, 0.3) is 98.8 Å². The van der Waals surface area contributed by atoms with Crippen LogP contribution in [0.2, 0.25) is 0 Å². The second kappa shape index (κ2) is 13.4. The van der Waals surface area contributed by atoms with Crippen molar-refractivity contribution in [3.63, 3.8) is 0 Å². The molecule has 0 radical (unpaired) electrons. The van der Waals surface area contributed by atoms with E-state index in [1.165, 1.54) is 4.90 Å². The molecule has 0 aliphatic carbocycles. The lowest BCUT2D eigenvalue weighted by Gasteiger charge is -2.26. The molecule has 3 nitrogen and oxygen atoms in total. The number of benzene rings is 10. The molecule has 2 aromatic heterocycles. The van der Waals surface area contributed by atoms with E-state index < -0.39 is 24.2 Å². The van der Waals surface area contributed by atoms with E-state index in [2.05, 4.69) is 6.07 Å². The van der Waals surface area contributed by atoms with Crippen molar-refractivity contribution in [2.75, 3.05) is 4.90 Å². The summed E-state index contributed by atoms with van der Waals surface area (Å²) in [6, 6.07) is 48.2. The second-order valence-corrected chi connectivity index (χ2v) is 14.6. The van der Waals surface area contributed by atoms with Crippen LogP contribution in [0.5, 0.6) is 0 Å². The third kappa shape index (κ3) is 5.51. The molecule has 0 N–H and O–H groups in total. The number of furan rings is 2. The molecular formula is C56H35NO2. The Balaban J connectivity index is 1.12. The molecule has 0 bridgehead atoms. The van der Waals surface area contributed by atoms with Crippen LogP contribution in [-0.2, 0) is 0 Å². The number of para-hydroxylation sites is 2. The van der Waals surface area contributed by atoms with Crippen LogP contribution in [0.3, 0.4) is 0 Å². The van der Waals surface area contributed by atoms with Crippen molar-refractivity contribution < 1.29 is 19.8 Å². The number of rotatable bonds is 6. The average molecular weight is 762 g/mol. The third-order valence-corrected chi connectivity index (χ3v) is 11.2. The molecule has 10 aromatic carbocycles. The van der Waals surface area contributed by atoms with Gasteiger partial charge in [0.05, 0.1) is 22.0 Å². The molecule has 0 unspecified atom stereocenters. The molecule has 0 atom stereocenters. The first-order valence-corrected chi connectivity index (χ1v) is 19.4. The van der Waals surface area contributed by atoms with Gasteiger partial charge in [-0.1, -0.05) is 152 Å². The molecular weight excluding hydrogens is 719 g/mol. The van der Waals surface area contributed by atoms with Crippen LogP contribution < -0.4 is 4.90 Å². The summed E-state index contributed by atoms with van der Waals surface area (Å²) in [4.78, 5) is 1.36. The van der Waals surface area contributed by atoms with Crippen molar-refractivity contribution in [3.05, 3.63) is 212 Å². The van der Waals surface area contributed by atoms with Crippen molar-refractivity contribution in [3.8, 4) is 33.4 Å². The zero-order valence-electron chi connectivity index (χ0n) is 39.4. The van der Waals surface area contributed by atoms with Crippen molar-refractivity contribution >= 4 is 82.5 Å². The molecule has 276 valence electrons. The summed E-state index contributed by atoms with van der Waals surface area (Å²) in [7, 11) is 0. The van der Waals surface area contributed by atoms with Gasteiger partial charge >= 0.3 is 0 Å². The van der Waals surface area contributed by atoms with Crippen molar-refractivity contribution in [1.82, 2.24) is 0 Å². The van der Waals surface area contributed by atoms with Crippen LogP contribution in [0.1, 0.15) is 11.0 Å². The van der Waals surface area contributed by atoms with Crippen LogP contribution in [0.15, 0.2) is 221 Å². The molecule has 0 amide bonds. The summed E-state index contributed by atoms with van der Waals surface area (Å²) < 4.78 is 90.5. The van der Waals surface area contributed by atoms with Crippen LogP contribution in [0, 0.1) is 0 Å². The minimum atomic E-state index is -0.455. The number of hydrogen-bond acceptors (Lipinski definition) is 3. The van der Waals surface area contributed by atoms with Gasteiger partial charge in [-0.05, 0) is 105 Å². The molecule has 0 spiro atoms. The molecule has 0 saturated heterocycles. The lowest BCUT2D eigenvalue weighted by Crippen LogP contribution is -2.10. The van der Waals surface area contributed by atoms with E-state index in [1.807, 2.05) is 121 Å². The topological polar surface area (TPSA) is 29.5 Å². The van der Waals surface area contributed by atoms with Crippen molar-refractivity contribution in [1.29, 1.82) is 0 Å². The average Bonchev–Trinajstić information content (AvgIpc) is 3.95. The maximum absolute atomic E-state index is 9.79. The molecule has 59 heavy (non-hydrogen) atoms. The predicted molar refractivity (Wildman–Crippen MR) is 247 cm³/mol. The molecule has 12 aromatic rings.